The fraction of sp³-hybridized carbons (Fsp3) is 0. The van der Waals surface area contributed by atoms with Crippen LogP contribution in [0.5, 0.6) is 0 Å². The van der Waals surface area contributed by atoms with Gasteiger partial charge in [-0.1, -0.05) is 109 Å². The second-order valence-electron chi connectivity index (χ2n) is 12.8. The molecule has 11 rings (SSSR count). The van der Waals surface area contributed by atoms with Gasteiger partial charge in [-0.15, -0.1) is 34.0 Å². The Labute approximate surface area is 304 Å². The van der Waals surface area contributed by atoms with Gasteiger partial charge in [0.2, 0.25) is 0 Å². The van der Waals surface area contributed by atoms with Crippen molar-refractivity contribution in [3.05, 3.63) is 152 Å². The Morgan fingerprint density at radius 1 is 0.294 bits per heavy atom. The molecule has 0 spiro atoms. The average Bonchev–Trinajstić information content (AvgIpc) is 3.88. The first-order chi connectivity index (χ1) is 25.2. The number of fused-ring (bicyclic) bond motifs is 9. The highest BCUT2D eigenvalue weighted by atomic mass is 32.1. The molecule has 0 fully saturated rings. The molecule has 0 saturated heterocycles. The van der Waals surface area contributed by atoms with Crippen molar-refractivity contribution in [1.29, 1.82) is 0 Å². The molecule has 0 radical (unpaired) electrons. The van der Waals surface area contributed by atoms with Crippen LogP contribution in [0.15, 0.2) is 152 Å². The molecule has 0 amide bonds. The first-order valence-corrected chi connectivity index (χ1v) is 19.3. The molecule has 51 heavy (non-hydrogen) atoms. The minimum Gasteiger partial charge on any atom is -0.208 e. The second-order valence-corrected chi connectivity index (χ2v) is 16.0. The summed E-state index contributed by atoms with van der Waals surface area (Å²) in [6.07, 6.45) is 0. The van der Waals surface area contributed by atoms with Crippen LogP contribution in [0.25, 0.3) is 106 Å². The number of thiophene rings is 3. The molecule has 0 bridgehead atoms. The van der Waals surface area contributed by atoms with Crippen molar-refractivity contribution in [3.63, 3.8) is 0 Å². The topological polar surface area (TPSA) is 38.7 Å². The monoisotopic (exact) mass is 703 g/mol. The Morgan fingerprint density at radius 3 is 1.57 bits per heavy atom. The smallest absolute Gasteiger partial charge is 0.164 e. The highest BCUT2D eigenvalue weighted by molar-refractivity contribution is 7.27. The molecule has 0 saturated carbocycles. The molecule has 11 aromatic rings. The van der Waals surface area contributed by atoms with E-state index in [9.17, 15) is 0 Å². The number of hydrogen-bond acceptors (Lipinski definition) is 6. The Morgan fingerprint density at radius 2 is 0.804 bits per heavy atom. The van der Waals surface area contributed by atoms with Crippen LogP contribution in [0.3, 0.4) is 0 Å². The van der Waals surface area contributed by atoms with E-state index in [0.29, 0.717) is 17.5 Å². The molecule has 0 atom stereocenters. The van der Waals surface area contributed by atoms with Gasteiger partial charge in [0.05, 0.1) is 0 Å². The van der Waals surface area contributed by atoms with Gasteiger partial charge in [0.1, 0.15) is 0 Å². The Hall–Kier alpha value is -5.79. The molecular formula is C45H25N3S3. The number of aromatic nitrogens is 3. The Balaban J connectivity index is 1.04. The van der Waals surface area contributed by atoms with E-state index in [1.807, 2.05) is 40.9 Å². The van der Waals surface area contributed by atoms with Crippen LogP contribution in [0.1, 0.15) is 0 Å². The molecule has 0 aliphatic carbocycles. The van der Waals surface area contributed by atoms with Crippen LogP contribution < -0.4 is 0 Å². The third-order valence-corrected chi connectivity index (χ3v) is 13.2. The normalized spacial score (nSPS) is 11.9. The maximum atomic E-state index is 5.12. The predicted octanol–water partition coefficient (Wildman–Crippen LogP) is 13.6. The van der Waals surface area contributed by atoms with Gasteiger partial charge in [0, 0.05) is 77.2 Å². The van der Waals surface area contributed by atoms with Gasteiger partial charge in [-0.25, -0.2) is 15.0 Å². The first-order valence-electron chi connectivity index (χ1n) is 16.8. The van der Waals surface area contributed by atoms with Gasteiger partial charge in [-0.3, -0.25) is 0 Å². The van der Waals surface area contributed by atoms with Gasteiger partial charge >= 0.3 is 0 Å². The molecule has 0 unspecified atom stereocenters. The molecule has 7 aromatic carbocycles. The summed E-state index contributed by atoms with van der Waals surface area (Å²) in [5.74, 6) is 2.01. The standard InChI is InChI=1S/C45H25N3S3/c1-2-9-26(10-3-1)43-46-44(48-45(47-43)29-18-21-33-31-11-4-6-15-37(31)49-41(33)25-29)28-19-22-39-36(23-28)34-20-17-27(24-40(34)50-39)30-13-8-14-35-32-12-5-7-16-38(32)51-42(30)35/h1-25H. The summed E-state index contributed by atoms with van der Waals surface area (Å²) in [4.78, 5) is 15.2. The summed E-state index contributed by atoms with van der Waals surface area (Å²) in [6.45, 7) is 0. The van der Waals surface area contributed by atoms with Crippen LogP contribution in [0, 0.1) is 0 Å². The summed E-state index contributed by atoms with van der Waals surface area (Å²) >= 11 is 5.52. The van der Waals surface area contributed by atoms with Crippen molar-refractivity contribution < 1.29 is 0 Å². The number of benzene rings is 7. The lowest BCUT2D eigenvalue weighted by atomic mass is 10.0. The third kappa shape index (κ3) is 4.72. The summed E-state index contributed by atoms with van der Waals surface area (Å²) in [5, 5.41) is 7.66. The van der Waals surface area contributed by atoms with E-state index in [0.717, 1.165) is 16.7 Å². The maximum Gasteiger partial charge on any atom is 0.164 e. The van der Waals surface area contributed by atoms with Crippen molar-refractivity contribution in [2.45, 2.75) is 0 Å². The van der Waals surface area contributed by atoms with Crippen LogP contribution in [-0.4, -0.2) is 15.0 Å². The Kier molecular flexibility index (Phi) is 6.46. The highest BCUT2D eigenvalue weighted by Gasteiger charge is 2.17. The Bertz CT molecular complexity index is 3150. The van der Waals surface area contributed by atoms with Gasteiger partial charge in [0.15, 0.2) is 17.5 Å². The lowest BCUT2D eigenvalue weighted by molar-refractivity contribution is 1.08. The van der Waals surface area contributed by atoms with Crippen molar-refractivity contribution in [2.75, 3.05) is 0 Å². The summed E-state index contributed by atoms with van der Waals surface area (Å²) < 4.78 is 7.70. The van der Waals surface area contributed by atoms with E-state index in [2.05, 4.69) is 133 Å². The number of hydrogen-bond donors (Lipinski definition) is 0. The van der Waals surface area contributed by atoms with E-state index in [1.54, 1.807) is 11.3 Å². The molecule has 4 aromatic heterocycles. The summed E-state index contributed by atoms with van der Waals surface area (Å²) in [6, 6.07) is 54.3. The number of nitrogens with zero attached hydrogens (tertiary/aromatic N) is 3. The van der Waals surface area contributed by atoms with Crippen molar-refractivity contribution in [3.8, 4) is 45.3 Å². The molecule has 0 aliphatic heterocycles. The fourth-order valence-corrected chi connectivity index (χ4v) is 10.8. The SMILES string of the molecule is c1ccc(-c2nc(-c3ccc4c(c3)sc3ccccc34)nc(-c3ccc4sc5cc(-c6cccc7c6sc6ccccc67)ccc5c4c3)n2)cc1. The van der Waals surface area contributed by atoms with Gasteiger partial charge < -0.3 is 0 Å². The summed E-state index contributed by atoms with van der Waals surface area (Å²) in [7, 11) is 0. The largest absolute Gasteiger partial charge is 0.208 e. The number of rotatable bonds is 4. The minimum absolute atomic E-state index is 0.669. The average molecular weight is 704 g/mol. The molecule has 238 valence electrons. The van der Waals surface area contributed by atoms with E-state index in [4.69, 9.17) is 15.0 Å². The van der Waals surface area contributed by atoms with E-state index in [1.165, 1.54) is 71.6 Å². The van der Waals surface area contributed by atoms with Crippen LogP contribution in [-0.2, 0) is 0 Å². The van der Waals surface area contributed by atoms with E-state index < -0.39 is 0 Å². The zero-order chi connectivity index (χ0) is 33.5. The zero-order valence-corrected chi connectivity index (χ0v) is 29.4. The van der Waals surface area contributed by atoms with Gasteiger partial charge in [-0.05, 0) is 53.6 Å². The van der Waals surface area contributed by atoms with Gasteiger partial charge in [0.25, 0.3) is 0 Å². The molecule has 0 N–H and O–H groups in total. The van der Waals surface area contributed by atoms with Crippen molar-refractivity contribution in [1.82, 2.24) is 15.0 Å². The quantitative estimate of drug-likeness (QED) is 0.183. The molecular weight excluding hydrogens is 679 g/mol. The van der Waals surface area contributed by atoms with Gasteiger partial charge in [-0.2, -0.15) is 0 Å². The minimum atomic E-state index is 0.669. The highest BCUT2D eigenvalue weighted by Crippen LogP contribution is 2.43. The molecule has 6 heteroatoms. The molecule has 0 aliphatic rings. The van der Waals surface area contributed by atoms with E-state index >= 15 is 0 Å². The van der Waals surface area contributed by atoms with Crippen molar-refractivity contribution in [2.24, 2.45) is 0 Å². The summed E-state index contributed by atoms with van der Waals surface area (Å²) in [5.41, 5.74) is 5.46. The molecule has 3 nitrogen and oxygen atoms in total. The molecule has 4 heterocycles. The predicted molar refractivity (Wildman–Crippen MR) is 220 cm³/mol. The lowest BCUT2D eigenvalue weighted by Crippen LogP contribution is -2.00. The first kappa shape index (κ1) is 29.0. The van der Waals surface area contributed by atoms with E-state index in [-0.39, 0.29) is 0 Å². The van der Waals surface area contributed by atoms with Crippen LogP contribution in [0.2, 0.25) is 0 Å². The lowest BCUT2D eigenvalue weighted by Gasteiger charge is -2.09. The van der Waals surface area contributed by atoms with Crippen molar-refractivity contribution >= 4 is 94.5 Å². The fourth-order valence-electron chi connectivity index (χ4n) is 7.27. The van der Waals surface area contributed by atoms with Crippen LogP contribution >= 0.6 is 34.0 Å². The maximum absolute atomic E-state index is 5.12. The third-order valence-electron chi connectivity index (χ3n) is 9.75. The zero-order valence-electron chi connectivity index (χ0n) is 27.0. The van der Waals surface area contributed by atoms with Crippen LogP contribution in [0.4, 0.5) is 0 Å². The second kappa shape index (κ2) is 11.4.